The number of aryl methyl sites for hydroxylation is 1. The van der Waals surface area contributed by atoms with Gasteiger partial charge in [0.05, 0.1) is 13.7 Å². The first-order valence-electron chi connectivity index (χ1n) is 9.15. The molecule has 1 fully saturated rings. The van der Waals surface area contributed by atoms with Crippen LogP contribution in [0.1, 0.15) is 12.5 Å². The van der Waals surface area contributed by atoms with Gasteiger partial charge in [-0.3, -0.25) is 0 Å². The third-order valence-corrected chi connectivity index (χ3v) is 5.15. The van der Waals surface area contributed by atoms with Crippen molar-refractivity contribution in [1.82, 2.24) is 0 Å². The van der Waals surface area contributed by atoms with Gasteiger partial charge in [0.1, 0.15) is 24.1 Å². The molecule has 3 rings (SSSR count). The molecule has 0 spiro atoms. The molecule has 1 aliphatic rings. The summed E-state index contributed by atoms with van der Waals surface area (Å²) < 4.78 is 30.4. The molecule has 2 aromatic rings. The maximum atomic E-state index is 14.0. The van der Waals surface area contributed by atoms with Crippen molar-refractivity contribution in [2.45, 2.75) is 44.1 Å². The van der Waals surface area contributed by atoms with Gasteiger partial charge in [-0.1, -0.05) is 18.2 Å². The topological polar surface area (TPSA) is 109 Å². The lowest BCUT2D eigenvalue weighted by atomic mass is 9.88. The molecule has 5 atom stereocenters. The van der Waals surface area contributed by atoms with Crippen LogP contribution >= 0.6 is 0 Å². The fourth-order valence-electron chi connectivity index (χ4n) is 3.37. The van der Waals surface area contributed by atoms with Crippen molar-refractivity contribution in [1.29, 1.82) is 0 Å². The highest BCUT2D eigenvalue weighted by molar-refractivity contribution is 5.72. The third-order valence-electron chi connectivity index (χ3n) is 5.15. The first-order valence-corrected chi connectivity index (χ1v) is 9.15. The Balaban J connectivity index is 1.89. The van der Waals surface area contributed by atoms with Crippen molar-refractivity contribution in [2.75, 3.05) is 13.7 Å². The molecule has 0 aromatic heterocycles. The van der Waals surface area contributed by atoms with Crippen LogP contribution in [0.5, 0.6) is 11.5 Å². The zero-order valence-corrected chi connectivity index (χ0v) is 16.4. The largest absolute Gasteiger partial charge is 0.493 e. The van der Waals surface area contributed by atoms with E-state index in [9.17, 15) is 24.8 Å². The zero-order chi connectivity index (χ0) is 21.3. The Morgan fingerprint density at radius 1 is 1.21 bits per heavy atom. The molecule has 158 valence electrons. The summed E-state index contributed by atoms with van der Waals surface area (Å²) in [5.41, 5.74) is 0.0182. The van der Waals surface area contributed by atoms with Gasteiger partial charge in [-0.15, -0.1) is 0 Å². The molecule has 1 heterocycles. The van der Waals surface area contributed by atoms with Gasteiger partial charge in [0.25, 0.3) is 0 Å². The second-order valence-electron chi connectivity index (χ2n) is 7.27. The Morgan fingerprint density at radius 3 is 2.55 bits per heavy atom. The van der Waals surface area contributed by atoms with Crippen molar-refractivity contribution in [3.63, 3.8) is 0 Å². The van der Waals surface area contributed by atoms with Gasteiger partial charge in [0.2, 0.25) is 6.29 Å². The molecule has 7 nitrogen and oxygen atoms in total. The van der Waals surface area contributed by atoms with Crippen LogP contribution in [0.4, 0.5) is 4.39 Å². The van der Waals surface area contributed by atoms with Gasteiger partial charge >= 0.3 is 0 Å². The van der Waals surface area contributed by atoms with Gasteiger partial charge in [-0.25, -0.2) is 4.39 Å². The van der Waals surface area contributed by atoms with Gasteiger partial charge in [-0.05, 0) is 43.2 Å². The Morgan fingerprint density at radius 2 is 1.93 bits per heavy atom. The molecule has 0 aliphatic carbocycles. The van der Waals surface area contributed by atoms with E-state index in [4.69, 9.17) is 14.2 Å². The summed E-state index contributed by atoms with van der Waals surface area (Å²) in [6.45, 7) is 2.49. The van der Waals surface area contributed by atoms with E-state index in [0.717, 1.165) is 0 Å². The first kappa shape index (κ1) is 21.5. The van der Waals surface area contributed by atoms with E-state index in [0.29, 0.717) is 22.4 Å². The van der Waals surface area contributed by atoms with Crippen LogP contribution in [-0.2, 0) is 4.74 Å². The molecule has 29 heavy (non-hydrogen) atoms. The molecule has 8 heteroatoms. The summed E-state index contributed by atoms with van der Waals surface area (Å²) in [6.07, 6.45) is -5.47. The summed E-state index contributed by atoms with van der Waals surface area (Å²) in [5, 5.41) is 40.0. The predicted molar refractivity (Wildman–Crippen MR) is 102 cm³/mol. The maximum absolute atomic E-state index is 14.0. The van der Waals surface area contributed by atoms with Gasteiger partial charge < -0.3 is 34.6 Å². The van der Waals surface area contributed by atoms with E-state index in [1.165, 1.54) is 20.1 Å². The summed E-state index contributed by atoms with van der Waals surface area (Å²) >= 11 is 0. The van der Waals surface area contributed by atoms with Gasteiger partial charge in [-0.2, -0.15) is 0 Å². The SMILES string of the molecule is COc1c(F)cccc1-c1ccc(OC2OC(CO)C(O)C(O)C2(C)O)c(C)c1. The molecule has 1 aliphatic heterocycles. The fourth-order valence-corrected chi connectivity index (χ4v) is 3.37. The molecule has 0 saturated carbocycles. The second kappa shape index (κ2) is 8.25. The average Bonchev–Trinajstić information content (AvgIpc) is 2.69. The number of aliphatic hydroxyl groups excluding tert-OH is 3. The van der Waals surface area contributed by atoms with Crippen LogP contribution in [0.15, 0.2) is 36.4 Å². The van der Waals surface area contributed by atoms with E-state index in [2.05, 4.69) is 0 Å². The smallest absolute Gasteiger partial charge is 0.231 e. The lowest BCUT2D eigenvalue weighted by Gasteiger charge is -2.45. The van der Waals surface area contributed by atoms with Gasteiger partial charge in [0, 0.05) is 5.56 Å². The standard InChI is InChI=1S/C21H25FO7/c1-11-9-12(13-5-4-6-14(22)18(13)27-3)7-8-15(11)28-20-21(2,26)19(25)17(24)16(10-23)29-20/h4-9,16-17,19-20,23-26H,10H2,1-3H3. The molecule has 5 unspecified atom stereocenters. The number of hydrogen-bond acceptors (Lipinski definition) is 7. The van der Waals surface area contributed by atoms with Crippen molar-refractivity contribution in [3.8, 4) is 22.6 Å². The van der Waals surface area contributed by atoms with Crippen molar-refractivity contribution in [2.24, 2.45) is 0 Å². The number of ether oxygens (including phenoxy) is 3. The van der Waals surface area contributed by atoms with Gasteiger partial charge in [0.15, 0.2) is 17.2 Å². The summed E-state index contributed by atoms with van der Waals surface area (Å²) in [4.78, 5) is 0. The van der Waals surface area contributed by atoms with Crippen LogP contribution in [0.2, 0.25) is 0 Å². The van der Waals surface area contributed by atoms with Crippen LogP contribution in [0.25, 0.3) is 11.1 Å². The van der Waals surface area contributed by atoms with Crippen LogP contribution < -0.4 is 9.47 Å². The second-order valence-corrected chi connectivity index (χ2v) is 7.27. The lowest BCUT2D eigenvalue weighted by Crippen LogP contribution is -2.66. The van der Waals surface area contributed by atoms with Crippen molar-refractivity contribution < 1.29 is 39.0 Å². The Labute approximate surface area is 167 Å². The number of hydrogen-bond donors (Lipinski definition) is 4. The van der Waals surface area contributed by atoms with E-state index in [1.807, 2.05) is 0 Å². The molecule has 4 N–H and O–H groups in total. The highest BCUT2D eigenvalue weighted by Gasteiger charge is 2.53. The fraction of sp³-hybridized carbons (Fsp3) is 0.429. The highest BCUT2D eigenvalue weighted by atomic mass is 19.1. The average molecular weight is 408 g/mol. The van der Waals surface area contributed by atoms with E-state index in [1.54, 1.807) is 37.3 Å². The number of methoxy groups -OCH3 is 1. The summed E-state index contributed by atoms with van der Waals surface area (Å²) in [6, 6.07) is 9.72. The Hall–Kier alpha value is -2.23. The first-order chi connectivity index (χ1) is 13.7. The number of para-hydroxylation sites is 1. The minimum absolute atomic E-state index is 0.127. The highest BCUT2D eigenvalue weighted by Crippen LogP contribution is 2.36. The number of rotatable bonds is 5. The maximum Gasteiger partial charge on any atom is 0.231 e. The Bertz CT molecular complexity index is 870. The molecule has 1 saturated heterocycles. The van der Waals surface area contributed by atoms with Crippen LogP contribution in [0, 0.1) is 12.7 Å². The summed E-state index contributed by atoms with van der Waals surface area (Å²) in [5.74, 6) is 0.00825. The molecular formula is C21H25FO7. The number of aliphatic hydroxyl groups is 4. The monoisotopic (exact) mass is 408 g/mol. The van der Waals surface area contributed by atoms with Crippen LogP contribution in [0.3, 0.4) is 0 Å². The molecular weight excluding hydrogens is 383 g/mol. The zero-order valence-electron chi connectivity index (χ0n) is 16.4. The number of halogens is 1. The quantitative estimate of drug-likeness (QED) is 0.592. The number of benzene rings is 2. The van der Waals surface area contributed by atoms with Crippen molar-refractivity contribution in [3.05, 3.63) is 47.8 Å². The minimum atomic E-state index is -1.91. The molecule has 0 bridgehead atoms. The van der Waals surface area contributed by atoms with Crippen LogP contribution in [-0.4, -0.2) is 64.3 Å². The molecule has 2 aromatic carbocycles. The normalized spacial score (nSPS) is 29.5. The Kier molecular flexibility index (Phi) is 6.11. The van der Waals surface area contributed by atoms with E-state index >= 15 is 0 Å². The molecule has 0 amide bonds. The minimum Gasteiger partial charge on any atom is -0.493 e. The van der Waals surface area contributed by atoms with Crippen molar-refractivity contribution >= 4 is 0 Å². The van der Waals surface area contributed by atoms with E-state index < -0.39 is 42.6 Å². The van der Waals surface area contributed by atoms with E-state index in [-0.39, 0.29) is 5.75 Å². The lowest BCUT2D eigenvalue weighted by molar-refractivity contribution is -0.314. The molecule has 0 radical (unpaired) electrons. The predicted octanol–water partition coefficient (Wildman–Crippen LogP) is 1.38. The third kappa shape index (κ3) is 3.94. The summed E-state index contributed by atoms with van der Waals surface area (Å²) in [7, 11) is 1.39.